The quantitative estimate of drug-likeness (QED) is 0.539. The van der Waals surface area contributed by atoms with Crippen LogP contribution in [-0.4, -0.2) is 15.2 Å². The van der Waals surface area contributed by atoms with Gasteiger partial charge in [0.1, 0.15) is 0 Å². The number of hydrogen-bond donors (Lipinski definition) is 0. The molecule has 0 aliphatic rings. The molecule has 0 atom stereocenters. The third kappa shape index (κ3) is 2.30. The average molecular weight is 282 g/mol. The van der Waals surface area contributed by atoms with E-state index in [1.807, 2.05) is 53.9 Å². The van der Waals surface area contributed by atoms with Crippen molar-refractivity contribution in [3.05, 3.63) is 64.4 Å². The van der Waals surface area contributed by atoms with E-state index in [-0.39, 0.29) is 5.78 Å². The number of nitrogens with zero attached hydrogens (tertiary/aromatic N) is 2. The molecule has 0 radical (unpaired) electrons. The van der Waals surface area contributed by atoms with Gasteiger partial charge in [0.2, 0.25) is 0 Å². The number of aryl methyl sites for hydroxylation is 2. The first-order valence-corrected chi connectivity index (χ1v) is 7.19. The molecule has 3 aromatic rings. The summed E-state index contributed by atoms with van der Waals surface area (Å²) in [4.78, 5) is 18.8. The third-order valence-corrected chi connectivity index (χ3v) is 4.01. The van der Waals surface area contributed by atoms with Gasteiger partial charge in [-0.25, -0.2) is 4.98 Å². The Morgan fingerprint density at radius 3 is 2.75 bits per heavy atom. The summed E-state index contributed by atoms with van der Waals surface area (Å²) < 4.78 is 2.03. The highest BCUT2D eigenvalue weighted by atomic mass is 32.1. The molecule has 0 aliphatic heterocycles. The van der Waals surface area contributed by atoms with Gasteiger partial charge in [0.25, 0.3) is 0 Å². The average Bonchev–Trinajstić information content (AvgIpc) is 2.92. The van der Waals surface area contributed by atoms with Crippen molar-refractivity contribution in [1.29, 1.82) is 0 Å². The first-order chi connectivity index (χ1) is 9.65. The van der Waals surface area contributed by atoms with Crippen LogP contribution in [0.15, 0.2) is 42.6 Å². The molecule has 0 bridgehead atoms. The molecule has 3 rings (SSSR count). The molecule has 0 spiro atoms. The fraction of sp³-hybridized carbons (Fsp3) is 0.125. The number of hydrogen-bond acceptors (Lipinski definition) is 3. The lowest BCUT2D eigenvalue weighted by molar-refractivity contribution is 0.104. The van der Waals surface area contributed by atoms with Gasteiger partial charge < -0.3 is 0 Å². The van der Waals surface area contributed by atoms with E-state index >= 15 is 0 Å². The third-order valence-electron chi connectivity index (χ3n) is 3.11. The Morgan fingerprint density at radius 2 is 2.00 bits per heavy atom. The Bertz CT molecular complexity index is 797. The van der Waals surface area contributed by atoms with Gasteiger partial charge in [-0.05, 0) is 26.0 Å². The van der Waals surface area contributed by atoms with Gasteiger partial charge in [-0.2, -0.15) is 0 Å². The van der Waals surface area contributed by atoms with Gasteiger partial charge in [0, 0.05) is 16.6 Å². The summed E-state index contributed by atoms with van der Waals surface area (Å²) in [5.41, 5.74) is 2.60. The van der Waals surface area contributed by atoms with Crippen molar-refractivity contribution in [2.24, 2.45) is 0 Å². The molecule has 4 heteroatoms. The Morgan fingerprint density at radius 1 is 1.25 bits per heavy atom. The van der Waals surface area contributed by atoms with E-state index in [0.29, 0.717) is 5.56 Å². The lowest BCUT2D eigenvalue weighted by Gasteiger charge is -1.95. The molecule has 100 valence electrons. The van der Waals surface area contributed by atoms with Crippen LogP contribution in [0.3, 0.4) is 0 Å². The number of carbonyl (C=O) groups excluding carboxylic acids is 1. The topological polar surface area (TPSA) is 34.4 Å². The van der Waals surface area contributed by atoms with Crippen LogP contribution < -0.4 is 0 Å². The summed E-state index contributed by atoms with van der Waals surface area (Å²) in [7, 11) is 0. The van der Waals surface area contributed by atoms with E-state index in [0.717, 1.165) is 16.3 Å². The number of thiazole rings is 1. The maximum atomic E-state index is 12.1. The number of carbonyl (C=O) groups is 1. The Balaban J connectivity index is 1.94. The SMILES string of the molecule is Cc1cn2c(/C=C/C(=O)c3ccccc3)c(C)nc2s1. The minimum atomic E-state index is 0.00639. The first-order valence-electron chi connectivity index (χ1n) is 6.38. The largest absolute Gasteiger partial charge is 0.290 e. The zero-order valence-electron chi connectivity index (χ0n) is 11.3. The molecule has 1 aromatic carbocycles. The zero-order valence-corrected chi connectivity index (χ0v) is 12.1. The van der Waals surface area contributed by atoms with E-state index in [4.69, 9.17) is 0 Å². The lowest BCUT2D eigenvalue weighted by Crippen LogP contribution is -1.93. The number of fused-ring (bicyclic) bond motifs is 1. The second kappa shape index (κ2) is 5.06. The number of ketones is 1. The van der Waals surface area contributed by atoms with Crippen molar-refractivity contribution in [2.75, 3.05) is 0 Å². The van der Waals surface area contributed by atoms with Crippen molar-refractivity contribution >= 4 is 28.2 Å². The molecule has 0 amide bonds. The monoisotopic (exact) mass is 282 g/mol. The summed E-state index contributed by atoms with van der Waals surface area (Å²) in [6.07, 6.45) is 5.50. The minimum absolute atomic E-state index is 0.00639. The van der Waals surface area contributed by atoms with E-state index in [2.05, 4.69) is 11.9 Å². The molecule has 0 N–H and O–H groups in total. The molecule has 20 heavy (non-hydrogen) atoms. The highest BCUT2D eigenvalue weighted by molar-refractivity contribution is 7.17. The maximum absolute atomic E-state index is 12.1. The van der Waals surface area contributed by atoms with Gasteiger partial charge in [0.15, 0.2) is 10.7 Å². The van der Waals surface area contributed by atoms with Crippen LogP contribution in [0.4, 0.5) is 0 Å². The summed E-state index contributed by atoms with van der Waals surface area (Å²) in [5, 5.41) is 0. The predicted molar refractivity (Wildman–Crippen MR) is 82.3 cm³/mol. The van der Waals surface area contributed by atoms with Crippen LogP contribution in [0, 0.1) is 13.8 Å². The van der Waals surface area contributed by atoms with Crippen LogP contribution >= 0.6 is 11.3 Å². The normalized spacial score (nSPS) is 11.5. The number of allylic oxidation sites excluding steroid dienone is 1. The van der Waals surface area contributed by atoms with Gasteiger partial charge >= 0.3 is 0 Å². The molecule has 0 unspecified atom stereocenters. The lowest BCUT2D eigenvalue weighted by atomic mass is 10.1. The zero-order chi connectivity index (χ0) is 14.1. The van der Waals surface area contributed by atoms with E-state index in [9.17, 15) is 4.79 Å². The fourth-order valence-corrected chi connectivity index (χ4v) is 3.01. The van der Waals surface area contributed by atoms with Crippen LogP contribution in [-0.2, 0) is 0 Å². The number of benzene rings is 1. The summed E-state index contributed by atoms with van der Waals surface area (Å²) in [6.45, 7) is 4.01. The number of rotatable bonds is 3. The smallest absolute Gasteiger partial charge is 0.194 e. The van der Waals surface area contributed by atoms with E-state index < -0.39 is 0 Å². The number of imidazole rings is 1. The molecule has 0 fully saturated rings. The molecular formula is C16H14N2OS. The standard InChI is InChI=1S/C16H14N2OS/c1-11-10-18-14(12(2)17-16(18)20-11)8-9-15(19)13-6-4-3-5-7-13/h3-10H,1-2H3/b9-8+. The second-order valence-corrected chi connectivity index (χ2v) is 5.85. The Kier molecular flexibility index (Phi) is 3.24. The van der Waals surface area contributed by atoms with Gasteiger partial charge in [-0.1, -0.05) is 30.3 Å². The molecule has 0 saturated heterocycles. The Hall–Kier alpha value is -2.20. The predicted octanol–water partition coefficient (Wildman–Crippen LogP) is 3.91. The molecular weight excluding hydrogens is 268 g/mol. The molecule has 2 aromatic heterocycles. The highest BCUT2D eigenvalue weighted by Gasteiger charge is 2.09. The second-order valence-electron chi connectivity index (χ2n) is 4.64. The van der Waals surface area contributed by atoms with Crippen molar-refractivity contribution in [2.45, 2.75) is 13.8 Å². The van der Waals surface area contributed by atoms with Gasteiger partial charge in [-0.3, -0.25) is 9.20 Å². The molecule has 2 heterocycles. The fourth-order valence-electron chi connectivity index (χ4n) is 2.14. The highest BCUT2D eigenvalue weighted by Crippen LogP contribution is 2.21. The van der Waals surface area contributed by atoms with E-state index in [1.54, 1.807) is 17.4 Å². The minimum Gasteiger partial charge on any atom is -0.290 e. The van der Waals surface area contributed by atoms with Crippen molar-refractivity contribution in [1.82, 2.24) is 9.38 Å². The molecule has 0 saturated carbocycles. The van der Waals surface area contributed by atoms with Crippen molar-refractivity contribution in [3.8, 4) is 0 Å². The van der Waals surface area contributed by atoms with Crippen LogP contribution in [0.5, 0.6) is 0 Å². The summed E-state index contributed by atoms with van der Waals surface area (Å²) >= 11 is 1.65. The van der Waals surface area contributed by atoms with Gasteiger partial charge in [-0.15, -0.1) is 11.3 Å². The molecule has 0 aliphatic carbocycles. The van der Waals surface area contributed by atoms with Crippen LogP contribution in [0.1, 0.15) is 26.6 Å². The van der Waals surface area contributed by atoms with Crippen molar-refractivity contribution < 1.29 is 4.79 Å². The van der Waals surface area contributed by atoms with Crippen LogP contribution in [0.25, 0.3) is 11.0 Å². The van der Waals surface area contributed by atoms with E-state index in [1.165, 1.54) is 4.88 Å². The summed E-state index contributed by atoms with van der Waals surface area (Å²) in [6, 6.07) is 9.27. The number of aromatic nitrogens is 2. The summed E-state index contributed by atoms with van der Waals surface area (Å²) in [5.74, 6) is 0.00639. The maximum Gasteiger partial charge on any atom is 0.194 e. The Labute approximate surface area is 121 Å². The van der Waals surface area contributed by atoms with Crippen molar-refractivity contribution in [3.63, 3.8) is 0 Å². The van der Waals surface area contributed by atoms with Gasteiger partial charge in [0.05, 0.1) is 11.4 Å². The first kappa shape index (κ1) is 12.8. The molecule has 3 nitrogen and oxygen atoms in total. The van der Waals surface area contributed by atoms with Crippen LogP contribution in [0.2, 0.25) is 0 Å².